The molecule has 1 aromatic rings. The maximum Gasteiger partial charge on any atom is 0.267 e. The molecule has 1 rings (SSSR count). The molecule has 5 nitrogen and oxygen atoms in total. The van der Waals surface area contributed by atoms with E-state index in [-0.39, 0.29) is 5.88 Å². The van der Waals surface area contributed by atoms with Crippen molar-refractivity contribution < 1.29 is 14.8 Å². The number of hydroxylamine groups is 1. The number of amides is 2. The van der Waals surface area contributed by atoms with Crippen molar-refractivity contribution in [3.63, 3.8) is 0 Å². The van der Waals surface area contributed by atoms with Crippen LogP contribution in [-0.4, -0.2) is 28.9 Å². The number of hydrogen-bond acceptors (Lipinski definition) is 3. The number of carbonyl (C=O) groups is 2. The Morgan fingerprint density at radius 2 is 1.94 bits per heavy atom. The molecule has 1 aromatic carbocycles. The molecule has 0 aromatic heterocycles. The van der Waals surface area contributed by atoms with Crippen molar-refractivity contribution in [2.75, 3.05) is 5.88 Å². The Hall–Kier alpha value is -1.59. The van der Waals surface area contributed by atoms with Crippen LogP contribution in [0.2, 0.25) is 0 Å². The zero-order valence-corrected chi connectivity index (χ0v) is 9.07. The molecule has 2 amide bonds. The fourth-order valence-electron chi connectivity index (χ4n) is 1.08. The van der Waals surface area contributed by atoms with Crippen molar-refractivity contribution in [2.45, 2.75) is 6.04 Å². The van der Waals surface area contributed by atoms with Gasteiger partial charge in [0, 0.05) is 5.56 Å². The van der Waals surface area contributed by atoms with E-state index in [0.717, 1.165) is 0 Å². The highest BCUT2D eigenvalue weighted by molar-refractivity contribution is 6.20. The third-order valence-electron chi connectivity index (χ3n) is 1.92. The first kappa shape index (κ1) is 12.5. The highest BCUT2D eigenvalue weighted by atomic mass is 35.5. The smallest absolute Gasteiger partial charge is 0.267 e. The van der Waals surface area contributed by atoms with Gasteiger partial charge in [-0.1, -0.05) is 18.2 Å². The Balaban J connectivity index is 2.66. The molecule has 0 saturated heterocycles. The van der Waals surface area contributed by atoms with Crippen molar-refractivity contribution in [3.05, 3.63) is 35.9 Å². The lowest BCUT2D eigenvalue weighted by molar-refractivity contribution is -0.130. The number of alkyl halides is 1. The topological polar surface area (TPSA) is 78.4 Å². The second kappa shape index (κ2) is 6.09. The summed E-state index contributed by atoms with van der Waals surface area (Å²) in [5.74, 6) is -1.29. The molecule has 0 saturated carbocycles. The molecule has 0 aliphatic carbocycles. The van der Waals surface area contributed by atoms with Crippen molar-refractivity contribution in [2.24, 2.45) is 0 Å². The van der Waals surface area contributed by atoms with E-state index in [0.29, 0.717) is 5.56 Å². The van der Waals surface area contributed by atoms with Gasteiger partial charge in [0.05, 0.1) is 5.88 Å². The molecular weight excluding hydrogens is 232 g/mol. The van der Waals surface area contributed by atoms with Crippen LogP contribution in [0.1, 0.15) is 10.4 Å². The first-order chi connectivity index (χ1) is 7.69. The van der Waals surface area contributed by atoms with Gasteiger partial charge in [-0.15, -0.1) is 11.6 Å². The molecular formula is C10H11ClN2O3. The fraction of sp³-hybridized carbons (Fsp3) is 0.200. The average Bonchev–Trinajstić information content (AvgIpc) is 2.35. The normalized spacial score (nSPS) is 11.6. The summed E-state index contributed by atoms with van der Waals surface area (Å²) in [6.07, 6.45) is 0. The predicted octanol–water partition coefficient (Wildman–Crippen LogP) is 0.529. The van der Waals surface area contributed by atoms with Gasteiger partial charge in [-0.3, -0.25) is 14.8 Å². The van der Waals surface area contributed by atoms with Crippen LogP contribution in [0.4, 0.5) is 0 Å². The molecule has 16 heavy (non-hydrogen) atoms. The van der Waals surface area contributed by atoms with Gasteiger partial charge in [-0.25, -0.2) is 5.48 Å². The van der Waals surface area contributed by atoms with Crippen molar-refractivity contribution in [1.82, 2.24) is 10.8 Å². The van der Waals surface area contributed by atoms with Crippen LogP contribution >= 0.6 is 11.6 Å². The summed E-state index contributed by atoms with van der Waals surface area (Å²) in [5, 5.41) is 10.8. The van der Waals surface area contributed by atoms with Crippen LogP contribution in [0.3, 0.4) is 0 Å². The fourth-order valence-corrected chi connectivity index (χ4v) is 1.30. The zero-order chi connectivity index (χ0) is 12.0. The molecule has 0 fully saturated rings. The van der Waals surface area contributed by atoms with Crippen molar-refractivity contribution >= 4 is 23.4 Å². The number of rotatable bonds is 4. The number of halogens is 1. The Labute approximate surface area is 97.4 Å². The van der Waals surface area contributed by atoms with E-state index in [9.17, 15) is 9.59 Å². The Kier molecular flexibility index (Phi) is 4.75. The van der Waals surface area contributed by atoms with Gasteiger partial charge in [0.1, 0.15) is 6.04 Å². The molecule has 86 valence electrons. The molecule has 6 heteroatoms. The molecule has 0 aliphatic heterocycles. The van der Waals surface area contributed by atoms with Gasteiger partial charge in [0.2, 0.25) is 0 Å². The molecule has 0 radical (unpaired) electrons. The maximum atomic E-state index is 11.6. The van der Waals surface area contributed by atoms with Gasteiger partial charge < -0.3 is 5.32 Å². The van der Waals surface area contributed by atoms with Crippen LogP contribution in [0.15, 0.2) is 30.3 Å². The van der Waals surface area contributed by atoms with E-state index in [1.807, 2.05) is 0 Å². The lowest BCUT2D eigenvalue weighted by Crippen LogP contribution is -2.47. The first-order valence-electron chi connectivity index (χ1n) is 4.55. The van der Waals surface area contributed by atoms with Crippen LogP contribution in [0.5, 0.6) is 0 Å². The predicted molar refractivity (Wildman–Crippen MR) is 58.3 cm³/mol. The average molecular weight is 243 g/mol. The molecule has 1 atom stereocenters. The van der Waals surface area contributed by atoms with Crippen molar-refractivity contribution in [1.29, 1.82) is 0 Å². The standard InChI is InChI=1S/C10H11ClN2O3/c11-6-8(10(15)13-16)12-9(14)7-4-2-1-3-5-7/h1-5,8,16H,6H2,(H,12,14)(H,13,15). The van der Waals surface area contributed by atoms with E-state index >= 15 is 0 Å². The summed E-state index contributed by atoms with van der Waals surface area (Å²) in [5.41, 5.74) is 1.85. The largest absolute Gasteiger partial charge is 0.339 e. The van der Waals surface area contributed by atoms with Gasteiger partial charge in [0.15, 0.2) is 0 Å². The SMILES string of the molecule is O=C(NC(CCl)C(=O)NO)c1ccccc1. The van der Waals surface area contributed by atoms with E-state index in [1.165, 1.54) is 5.48 Å². The summed E-state index contributed by atoms with van der Waals surface area (Å²) < 4.78 is 0. The summed E-state index contributed by atoms with van der Waals surface area (Å²) >= 11 is 5.49. The Morgan fingerprint density at radius 3 is 2.44 bits per heavy atom. The lowest BCUT2D eigenvalue weighted by atomic mass is 10.2. The third kappa shape index (κ3) is 3.22. The van der Waals surface area contributed by atoms with Crippen LogP contribution < -0.4 is 10.8 Å². The zero-order valence-electron chi connectivity index (χ0n) is 8.31. The molecule has 0 spiro atoms. The lowest BCUT2D eigenvalue weighted by Gasteiger charge is -2.13. The Morgan fingerprint density at radius 1 is 1.31 bits per heavy atom. The van der Waals surface area contributed by atoms with Crippen LogP contribution in [0.25, 0.3) is 0 Å². The Bertz CT molecular complexity index is 370. The van der Waals surface area contributed by atoms with E-state index in [4.69, 9.17) is 16.8 Å². The summed E-state index contributed by atoms with van der Waals surface area (Å²) in [7, 11) is 0. The van der Waals surface area contributed by atoms with E-state index < -0.39 is 17.9 Å². The summed E-state index contributed by atoms with van der Waals surface area (Å²) in [6.45, 7) is 0. The first-order valence-corrected chi connectivity index (χ1v) is 5.08. The summed E-state index contributed by atoms with van der Waals surface area (Å²) in [6, 6.07) is 7.44. The second-order valence-electron chi connectivity index (χ2n) is 3.02. The summed E-state index contributed by atoms with van der Waals surface area (Å²) in [4.78, 5) is 22.7. The minimum Gasteiger partial charge on any atom is -0.339 e. The van der Waals surface area contributed by atoms with E-state index in [1.54, 1.807) is 30.3 Å². The minimum atomic E-state index is -0.959. The van der Waals surface area contributed by atoms with Gasteiger partial charge in [0.25, 0.3) is 11.8 Å². The van der Waals surface area contributed by atoms with Gasteiger partial charge in [-0.2, -0.15) is 0 Å². The third-order valence-corrected chi connectivity index (χ3v) is 2.23. The monoisotopic (exact) mass is 242 g/mol. The van der Waals surface area contributed by atoms with Crippen molar-refractivity contribution in [3.8, 4) is 0 Å². The van der Waals surface area contributed by atoms with Gasteiger partial charge >= 0.3 is 0 Å². The molecule has 0 heterocycles. The second-order valence-corrected chi connectivity index (χ2v) is 3.33. The molecule has 0 aliphatic rings. The number of benzene rings is 1. The molecule has 1 unspecified atom stereocenters. The van der Waals surface area contributed by atoms with Crippen LogP contribution in [-0.2, 0) is 4.79 Å². The number of hydrogen-bond donors (Lipinski definition) is 3. The quantitative estimate of drug-likeness (QED) is 0.409. The van der Waals surface area contributed by atoms with E-state index in [2.05, 4.69) is 5.32 Å². The van der Waals surface area contributed by atoms with Gasteiger partial charge in [-0.05, 0) is 12.1 Å². The highest BCUT2D eigenvalue weighted by Crippen LogP contribution is 1.99. The molecule has 3 N–H and O–H groups in total. The minimum absolute atomic E-state index is 0.120. The maximum absolute atomic E-state index is 11.6. The molecule has 0 bridgehead atoms. The highest BCUT2D eigenvalue weighted by Gasteiger charge is 2.19. The number of carbonyl (C=O) groups excluding carboxylic acids is 2. The number of nitrogens with one attached hydrogen (secondary N) is 2. The van der Waals surface area contributed by atoms with Crippen LogP contribution in [0, 0.1) is 0 Å².